The van der Waals surface area contributed by atoms with Crippen molar-refractivity contribution in [2.24, 2.45) is 0 Å². The average molecular weight is 578 g/mol. The van der Waals surface area contributed by atoms with Gasteiger partial charge in [-0.25, -0.2) is 14.4 Å². The third-order valence-electron chi connectivity index (χ3n) is 7.07. The van der Waals surface area contributed by atoms with Gasteiger partial charge < -0.3 is 20.6 Å². The Kier molecular flexibility index (Phi) is 8.55. The molecular formula is C29H29ClFN7O3. The number of benzene rings is 2. The van der Waals surface area contributed by atoms with Crippen molar-refractivity contribution in [3.8, 4) is 11.1 Å². The van der Waals surface area contributed by atoms with Crippen molar-refractivity contribution < 1.29 is 19.1 Å². The van der Waals surface area contributed by atoms with Gasteiger partial charge >= 0.3 is 5.97 Å². The Bertz CT molecular complexity index is 1560. The number of nitrogens with one attached hydrogen (secondary N) is 2. The van der Waals surface area contributed by atoms with Crippen LogP contribution in [0.25, 0.3) is 22.0 Å². The zero-order valence-corrected chi connectivity index (χ0v) is 23.1. The third kappa shape index (κ3) is 6.53. The maximum atomic E-state index is 14.2. The number of carboxylic acid groups (broad SMARTS) is 1. The zero-order chi connectivity index (χ0) is 28.9. The molecule has 10 nitrogen and oxygen atoms in total. The highest BCUT2D eigenvalue weighted by atomic mass is 35.5. The minimum Gasteiger partial charge on any atom is -0.480 e. The number of halogens is 2. The van der Waals surface area contributed by atoms with E-state index in [1.807, 2.05) is 28.0 Å². The first-order chi connectivity index (χ1) is 19.8. The van der Waals surface area contributed by atoms with Crippen molar-refractivity contribution in [1.29, 1.82) is 0 Å². The molecule has 1 saturated heterocycles. The summed E-state index contributed by atoms with van der Waals surface area (Å²) in [5.74, 6) is -0.963. The first-order valence-corrected chi connectivity index (χ1v) is 13.5. The van der Waals surface area contributed by atoms with E-state index >= 15 is 0 Å². The van der Waals surface area contributed by atoms with Gasteiger partial charge in [0.25, 0.3) is 0 Å². The molecule has 1 unspecified atom stereocenters. The number of aliphatic carboxylic acids is 1. The number of carbonyl (C=O) groups excluding carboxylic acids is 1. The number of piperazine rings is 1. The van der Waals surface area contributed by atoms with Crippen molar-refractivity contribution >= 4 is 46.0 Å². The lowest BCUT2D eigenvalue weighted by Crippen LogP contribution is -2.56. The normalized spacial score (nSPS) is 14.6. The van der Waals surface area contributed by atoms with E-state index in [4.69, 9.17) is 11.6 Å². The predicted octanol–water partition coefficient (Wildman–Crippen LogP) is 3.81. The van der Waals surface area contributed by atoms with E-state index in [9.17, 15) is 19.1 Å². The van der Waals surface area contributed by atoms with Crippen LogP contribution in [-0.2, 0) is 16.1 Å². The molecule has 0 aliphatic carbocycles. The van der Waals surface area contributed by atoms with Gasteiger partial charge in [0.05, 0.1) is 16.2 Å². The van der Waals surface area contributed by atoms with Crippen LogP contribution in [0.2, 0.25) is 5.02 Å². The van der Waals surface area contributed by atoms with Crippen molar-refractivity contribution in [3.63, 3.8) is 0 Å². The number of carboxylic acids is 1. The Balaban J connectivity index is 1.29. The van der Waals surface area contributed by atoms with Crippen LogP contribution in [0.4, 0.5) is 16.0 Å². The average Bonchev–Trinajstić information content (AvgIpc) is 2.97. The highest BCUT2D eigenvalue weighted by Crippen LogP contribution is 2.33. The fourth-order valence-corrected chi connectivity index (χ4v) is 5.05. The molecule has 212 valence electrons. The highest BCUT2D eigenvalue weighted by Gasteiger charge is 2.29. The number of amides is 1. The van der Waals surface area contributed by atoms with Crippen molar-refractivity contribution in [2.75, 3.05) is 42.9 Å². The first kappa shape index (κ1) is 28.2. The van der Waals surface area contributed by atoms with Gasteiger partial charge in [0.2, 0.25) is 11.9 Å². The van der Waals surface area contributed by atoms with E-state index < -0.39 is 12.0 Å². The molecular weight excluding hydrogens is 549 g/mol. The van der Waals surface area contributed by atoms with Crippen LogP contribution < -0.4 is 15.5 Å². The van der Waals surface area contributed by atoms with Crippen LogP contribution in [0.15, 0.2) is 61.1 Å². The Morgan fingerprint density at radius 3 is 2.44 bits per heavy atom. The lowest BCUT2D eigenvalue weighted by molar-refractivity contribution is -0.143. The third-order valence-corrected chi connectivity index (χ3v) is 7.36. The number of fused-ring (bicyclic) bond motifs is 1. The molecule has 3 N–H and O–H groups in total. The van der Waals surface area contributed by atoms with Crippen LogP contribution in [0.5, 0.6) is 0 Å². The van der Waals surface area contributed by atoms with Gasteiger partial charge in [-0.15, -0.1) is 0 Å². The van der Waals surface area contributed by atoms with Crippen LogP contribution in [0.1, 0.15) is 12.5 Å². The molecule has 41 heavy (non-hydrogen) atoms. The molecule has 1 amide bonds. The standard InChI is InChI=1S/C29H29ClFN7O3/c1-18(39)32-17-26(28(40)41)37-8-10-38(11-9-37)29-35-14-21(15-36-29)19-6-7-25-22(12-19)27(23(30)16-33-25)34-13-20-4-2-3-5-24(20)31/h2-7,12,14-16,26H,8-11,13,17H2,1H3,(H,32,39)(H,33,34)(H,40,41). The zero-order valence-electron chi connectivity index (χ0n) is 22.3. The minimum atomic E-state index is -0.967. The van der Waals surface area contributed by atoms with E-state index in [1.165, 1.54) is 13.0 Å². The first-order valence-electron chi connectivity index (χ1n) is 13.1. The Labute approximate surface area is 241 Å². The fourth-order valence-electron chi connectivity index (χ4n) is 4.83. The number of hydrogen-bond acceptors (Lipinski definition) is 8. The molecule has 0 radical (unpaired) electrons. The highest BCUT2D eigenvalue weighted by molar-refractivity contribution is 6.34. The molecule has 12 heteroatoms. The Morgan fingerprint density at radius 1 is 1.02 bits per heavy atom. The number of anilines is 2. The second kappa shape index (κ2) is 12.4. The van der Waals surface area contributed by atoms with Crippen molar-refractivity contribution in [1.82, 2.24) is 25.2 Å². The smallest absolute Gasteiger partial charge is 0.322 e. The molecule has 0 bridgehead atoms. The molecule has 4 aromatic rings. The summed E-state index contributed by atoms with van der Waals surface area (Å²) in [6.45, 7) is 3.81. The Hall–Kier alpha value is -4.35. The molecule has 2 aromatic heterocycles. The topological polar surface area (TPSA) is 124 Å². The van der Waals surface area contributed by atoms with Gasteiger partial charge in [0, 0.05) is 81.3 Å². The molecule has 1 aliphatic rings. The minimum absolute atomic E-state index is 0.0583. The maximum absolute atomic E-state index is 14.2. The summed E-state index contributed by atoms with van der Waals surface area (Å²) in [7, 11) is 0. The number of rotatable bonds is 9. The van der Waals surface area contributed by atoms with E-state index in [0.717, 1.165) is 22.0 Å². The summed E-state index contributed by atoms with van der Waals surface area (Å²) in [4.78, 5) is 40.4. The lowest BCUT2D eigenvalue weighted by atomic mass is 10.0. The van der Waals surface area contributed by atoms with Crippen LogP contribution >= 0.6 is 11.6 Å². The van der Waals surface area contributed by atoms with Gasteiger partial charge in [-0.05, 0) is 23.8 Å². The Morgan fingerprint density at radius 2 is 1.76 bits per heavy atom. The van der Waals surface area contributed by atoms with E-state index in [1.54, 1.807) is 36.8 Å². The van der Waals surface area contributed by atoms with Gasteiger partial charge in [0.1, 0.15) is 11.9 Å². The largest absolute Gasteiger partial charge is 0.480 e. The summed E-state index contributed by atoms with van der Waals surface area (Å²) >= 11 is 6.49. The fraction of sp³-hybridized carbons (Fsp3) is 0.276. The number of pyridine rings is 1. The SMILES string of the molecule is CC(=O)NCC(C(=O)O)N1CCN(c2ncc(-c3ccc4ncc(Cl)c(NCc5ccccc5F)c4c3)cn2)CC1. The predicted molar refractivity (Wildman–Crippen MR) is 155 cm³/mol. The second-order valence-electron chi connectivity index (χ2n) is 9.74. The van der Waals surface area contributed by atoms with Gasteiger partial charge in [-0.2, -0.15) is 0 Å². The van der Waals surface area contributed by atoms with E-state index in [-0.39, 0.29) is 24.8 Å². The molecule has 0 saturated carbocycles. The van der Waals surface area contributed by atoms with Gasteiger partial charge in [-0.1, -0.05) is 35.9 Å². The summed E-state index contributed by atoms with van der Waals surface area (Å²) in [6, 6.07) is 11.6. The summed E-state index contributed by atoms with van der Waals surface area (Å²) in [5.41, 5.74) is 3.60. The maximum Gasteiger partial charge on any atom is 0.322 e. The molecule has 1 fully saturated rings. The molecule has 5 rings (SSSR count). The summed E-state index contributed by atoms with van der Waals surface area (Å²) in [5, 5.41) is 16.7. The molecule has 0 spiro atoms. The number of carbonyl (C=O) groups is 2. The monoisotopic (exact) mass is 577 g/mol. The van der Waals surface area contributed by atoms with Gasteiger partial charge in [0.15, 0.2) is 0 Å². The van der Waals surface area contributed by atoms with E-state index in [0.29, 0.717) is 48.4 Å². The van der Waals surface area contributed by atoms with Crippen LogP contribution in [-0.4, -0.2) is 75.6 Å². The lowest BCUT2D eigenvalue weighted by Gasteiger charge is -2.37. The quantitative estimate of drug-likeness (QED) is 0.272. The van der Waals surface area contributed by atoms with Crippen molar-refractivity contribution in [2.45, 2.75) is 19.5 Å². The molecule has 2 aromatic carbocycles. The molecule has 1 aliphatic heterocycles. The second-order valence-corrected chi connectivity index (χ2v) is 10.2. The van der Waals surface area contributed by atoms with Crippen LogP contribution in [0.3, 0.4) is 0 Å². The summed E-state index contributed by atoms with van der Waals surface area (Å²) in [6.07, 6.45) is 5.07. The molecule has 3 heterocycles. The van der Waals surface area contributed by atoms with E-state index in [2.05, 4.69) is 25.6 Å². The summed E-state index contributed by atoms with van der Waals surface area (Å²) < 4.78 is 14.2. The molecule has 1 atom stereocenters. The number of nitrogens with zero attached hydrogens (tertiary/aromatic N) is 5. The number of aromatic nitrogens is 3. The van der Waals surface area contributed by atoms with Gasteiger partial charge in [-0.3, -0.25) is 19.5 Å². The van der Waals surface area contributed by atoms with Crippen molar-refractivity contribution in [3.05, 3.63) is 77.5 Å². The number of hydrogen-bond donors (Lipinski definition) is 3. The van der Waals surface area contributed by atoms with Crippen LogP contribution in [0, 0.1) is 5.82 Å².